The Balaban J connectivity index is 1.51. The average molecular weight is 360 g/mol. The molecule has 0 radical (unpaired) electrons. The number of rotatable bonds is 1. The quantitative estimate of drug-likeness (QED) is 0.769. The molecule has 0 aliphatic carbocycles. The van der Waals surface area contributed by atoms with Crippen molar-refractivity contribution in [3.8, 4) is 0 Å². The van der Waals surface area contributed by atoms with E-state index in [0.29, 0.717) is 30.3 Å². The Morgan fingerprint density at radius 1 is 1.32 bits per heavy atom. The molecule has 0 saturated carbocycles. The predicted molar refractivity (Wildman–Crippen MR) is 88.0 cm³/mol. The van der Waals surface area contributed by atoms with E-state index in [-0.39, 0.29) is 5.91 Å². The van der Waals surface area contributed by atoms with Crippen molar-refractivity contribution in [2.75, 3.05) is 19.6 Å². The van der Waals surface area contributed by atoms with Gasteiger partial charge in [-0.2, -0.15) is 0 Å². The molecular formula is C17H18BrN3O. The van der Waals surface area contributed by atoms with E-state index in [1.807, 2.05) is 12.1 Å². The number of carbonyl (C=O) groups excluding carboxylic acids is 1. The first kappa shape index (κ1) is 13.3. The second-order valence-corrected chi connectivity index (χ2v) is 7.86. The molecule has 5 heteroatoms. The molecule has 4 atom stereocenters. The molecule has 0 aromatic heterocycles. The van der Waals surface area contributed by atoms with Crippen molar-refractivity contribution in [1.29, 1.82) is 0 Å². The largest absolute Gasteiger partial charge is 0.330 e. The summed E-state index contributed by atoms with van der Waals surface area (Å²) in [6, 6.07) is 6.98. The lowest BCUT2D eigenvalue weighted by molar-refractivity contribution is -0.126. The molecule has 22 heavy (non-hydrogen) atoms. The second kappa shape index (κ2) is 4.65. The first-order valence-electron chi connectivity index (χ1n) is 8.09. The molecule has 1 amide bonds. The van der Waals surface area contributed by atoms with E-state index in [4.69, 9.17) is 0 Å². The number of piperidine rings is 2. The molecule has 114 valence electrons. The smallest absolute Gasteiger partial charge is 0.273 e. The Bertz CT molecular complexity index is 701. The van der Waals surface area contributed by atoms with Crippen LogP contribution >= 0.6 is 15.9 Å². The zero-order valence-corrected chi connectivity index (χ0v) is 13.9. The summed E-state index contributed by atoms with van der Waals surface area (Å²) in [6.07, 6.45) is 2.32. The molecule has 0 N–H and O–H groups in total. The van der Waals surface area contributed by atoms with Crippen LogP contribution in [0.15, 0.2) is 27.7 Å². The van der Waals surface area contributed by atoms with Crippen molar-refractivity contribution in [1.82, 2.24) is 9.80 Å². The maximum atomic E-state index is 13.2. The van der Waals surface area contributed by atoms with Crippen LogP contribution in [0, 0.1) is 5.92 Å². The van der Waals surface area contributed by atoms with E-state index in [2.05, 4.69) is 36.8 Å². The van der Waals surface area contributed by atoms with Crippen LogP contribution in [0.4, 0.5) is 0 Å². The molecule has 4 nitrogen and oxygen atoms in total. The lowest BCUT2D eigenvalue weighted by Crippen LogP contribution is -2.45. The van der Waals surface area contributed by atoms with Crippen LogP contribution in [0.5, 0.6) is 0 Å². The molecule has 1 aromatic rings. The van der Waals surface area contributed by atoms with Gasteiger partial charge in [0.05, 0.1) is 6.54 Å². The first-order valence-corrected chi connectivity index (χ1v) is 8.88. The summed E-state index contributed by atoms with van der Waals surface area (Å²) >= 11 is 3.52. The van der Waals surface area contributed by atoms with Crippen molar-refractivity contribution in [2.45, 2.75) is 31.5 Å². The second-order valence-electron chi connectivity index (χ2n) is 6.94. The van der Waals surface area contributed by atoms with E-state index in [9.17, 15) is 4.79 Å². The van der Waals surface area contributed by atoms with E-state index < -0.39 is 0 Å². The zero-order chi connectivity index (χ0) is 14.8. The Labute approximate surface area is 138 Å². The normalized spacial score (nSPS) is 34.8. The number of aliphatic imine (C=N–C) groups is 1. The maximum Gasteiger partial charge on any atom is 0.273 e. The molecular weight excluding hydrogens is 342 g/mol. The number of likely N-dealkylation sites (tertiary alicyclic amines) is 1. The summed E-state index contributed by atoms with van der Waals surface area (Å²) in [6.45, 7) is 4.02. The van der Waals surface area contributed by atoms with Crippen molar-refractivity contribution in [3.63, 3.8) is 0 Å². The predicted octanol–water partition coefficient (Wildman–Crippen LogP) is 2.06. The number of hydrogen-bond acceptors (Lipinski definition) is 3. The molecule has 0 spiro atoms. The highest BCUT2D eigenvalue weighted by Gasteiger charge is 2.51. The minimum absolute atomic E-state index is 0.165. The van der Waals surface area contributed by atoms with Gasteiger partial charge in [-0.3, -0.25) is 9.79 Å². The van der Waals surface area contributed by atoms with Gasteiger partial charge in [-0.1, -0.05) is 22.0 Å². The number of halogens is 1. The molecule has 4 heterocycles. The summed E-state index contributed by atoms with van der Waals surface area (Å²) < 4.78 is 1.01. The SMILES string of the molecule is O=C(C1=NCc2ccc(Br)cc21)N1C2CC3CN(CCC31)C2. The van der Waals surface area contributed by atoms with Gasteiger partial charge in [-0.15, -0.1) is 0 Å². The van der Waals surface area contributed by atoms with Gasteiger partial charge in [0.25, 0.3) is 5.91 Å². The number of fused-ring (bicyclic) bond motifs is 3. The van der Waals surface area contributed by atoms with E-state index >= 15 is 0 Å². The molecule has 4 unspecified atom stereocenters. The van der Waals surface area contributed by atoms with Gasteiger partial charge in [-0.05, 0) is 36.5 Å². The Morgan fingerprint density at radius 3 is 3.14 bits per heavy atom. The van der Waals surface area contributed by atoms with Gasteiger partial charge in [0.15, 0.2) is 0 Å². The molecule has 3 saturated heterocycles. The number of carbonyl (C=O) groups is 1. The van der Waals surface area contributed by atoms with E-state index in [0.717, 1.165) is 29.5 Å². The summed E-state index contributed by atoms with van der Waals surface area (Å²) in [5, 5.41) is 0. The van der Waals surface area contributed by atoms with Crippen LogP contribution < -0.4 is 0 Å². The Hall–Kier alpha value is -1.20. The number of hydrogen-bond donors (Lipinski definition) is 0. The minimum Gasteiger partial charge on any atom is -0.330 e. The van der Waals surface area contributed by atoms with Gasteiger partial charge in [0.1, 0.15) is 5.71 Å². The lowest BCUT2D eigenvalue weighted by Gasteiger charge is -2.35. The molecule has 4 aliphatic heterocycles. The molecule has 3 fully saturated rings. The standard InChI is InChI=1S/C17H18BrN3O/c18-12-2-1-10-7-19-16(14(10)6-12)17(22)21-13-5-11-8-20(9-13)4-3-15(11)21/h1-2,6,11,13,15H,3-5,7-9H2. The average Bonchev–Trinajstić information content (AvgIpc) is 2.98. The first-order chi connectivity index (χ1) is 10.7. The fourth-order valence-electron chi connectivity index (χ4n) is 4.83. The molecule has 4 aliphatic rings. The summed E-state index contributed by atoms with van der Waals surface area (Å²) in [7, 11) is 0. The monoisotopic (exact) mass is 359 g/mol. The minimum atomic E-state index is 0.165. The third kappa shape index (κ3) is 1.78. The third-order valence-electron chi connectivity index (χ3n) is 5.74. The summed E-state index contributed by atoms with van der Waals surface area (Å²) in [5.41, 5.74) is 2.87. The third-order valence-corrected chi connectivity index (χ3v) is 6.24. The zero-order valence-electron chi connectivity index (χ0n) is 12.3. The van der Waals surface area contributed by atoms with Crippen LogP contribution in [-0.2, 0) is 11.3 Å². The maximum absolute atomic E-state index is 13.2. The topological polar surface area (TPSA) is 35.9 Å². The fraction of sp³-hybridized carbons (Fsp3) is 0.529. The Morgan fingerprint density at radius 2 is 2.23 bits per heavy atom. The summed E-state index contributed by atoms with van der Waals surface area (Å²) in [4.78, 5) is 22.5. The lowest BCUT2D eigenvalue weighted by atomic mass is 9.89. The van der Waals surface area contributed by atoms with E-state index in [1.54, 1.807) is 0 Å². The summed E-state index contributed by atoms with van der Waals surface area (Å²) in [5.74, 6) is 0.846. The van der Waals surface area contributed by atoms with Crippen LogP contribution in [-0.4, -0.2) is 53.1 Å². The highest BCUT2D eigenvalue weighted by molar-refractivity contribution is 9.10. The van der Waals surface area contributed by atoms with Gasteiger partial charge < -0.3 is 9.80 Å². The van der Waals surface area contributed by atoms with Crippen LogP contribution in [0.3, 0.4) is 0 Å². The van der Waals surface area contributed by atoms with Crippen molar-refractivity contribution < 1.29 is 4.79 Å². The number of amides is 1. The fourth-order valence-corrected chi connectivity index (χ4v) is 5.19. The van der Waals surface area contributed by atoms with Crippen molar-refractivity contribution in [2.24, 2.45) is 10.9 Å². The molecule has 1 aromatic carbocycles. The Kier molecular flexibility index (Phi) is 2.80. The van der Waals surface area contributed by atoms with Gasteiger partial charge in [-0.25, -0.2) is 0 Å². The number of benzene rings is 1. The van der Waals surface area contributed by atoms with Gasteiger partial charge in [0.2, 0.25) is 0 Å². The van der Waals surface area contributed by atoms with Gasteiger partial charge in [0, 0.05) is 41.8 Å². The van der Waals surface area contributed by atoms with Crippen LogP contribution in [0.25, 0.3) is 0 Å². The van der Waals surface area contributed by atoms with E-state index in [1.165, 1.54) is 18.5 Å². The highest BCUT2D eigenvalue weighted by Crippen LogP contribution is 2.41. The van der Waals surface area contributed by atoms with Crippen LogP contribution in [0.2, 0.25) is 0 Å². The molecule has 5 rings (SSSR count). The van der Waals surface area contributed by atoms with Crippen molar-refractivity contribution >= 4 is 27.5 Å². The van der Waals surface area contributed by atoms with Crippen molar-refractivity contribution in [3.05, 3.63) is 33.8 Å². The van der Waals surface area contributed by atoms with Gasteiger partial charge >= 0.3 is 0 Å². The highest BCUT2D eigenvalue weighted by atomic mass is 79.9. The van der Waals surface area contributed by atoms with Crippen LogP contribution in [0.1, 0.15) is 24.0 Å². The number of nitrogens with zero attached hydrogens (tertiary/aromatic N) is 3. The molecule has 3 bridgehead atoms.